The summed E-state index contributed by atoms with van der Waals surface area (Å²) in [5, 5.41) is 3.60. The van der Waals surface area contributed by atoms with E-state index in [2.05, 4.69) is 10.3 Å². The predicted molar refractivity (Wildman–Crippen MR) is 103 cm³/mol. The fraction of sp³-hybridized carbons (Fsp3) is 0.333. The van der Waals surface area contributed by atoms with E-state index in [9.17, 15) is 14.4 Å². The molecule has 7 nitrogen and oxygen atoms in total. The van der Waals surface area contributed by atoms with Gasteiger partial charge in [0.05, 0.1) is 18.2 Å². The molecule has 1 aromatic heterocycles. The van der Waals surface area contributed by atoms with Gasteiger partial charge in [-0.05, 0) is 38.1 Å². The number of benzene rings is 1. The molecule has 2 aromatic rings. The van der Waals surface area contributed by atoms with Crippen molar-refractivity contribution in [3.63, 3.8) is 0 Å². The molecule has 1 N–H and O–H groups in total. The van der Waals surface area contributed by atoms with Crippen molar-refractivity contribution in [2.24, 2.45) is 5.92 Å². The van der Waals surface area contributed by atoms with Crippen LogP contribution < -0.4 is 10.2 Å². The topological polar surface area (TPSA) is 88.6 Å². The Morgan fingerprint density at radius 3 is 2.74 bits per heavy atom. The van der Waals surface area contributed by atoms with Crippen LogP contribution in [-0.4, -0.2) is 35.9 Å². The normalized spacial score (nSPS) is 16.5. The van der Waals surface area contributed by atoms with Gasteiger partial charge in [0.15, 0.2) is 5.13 Å². The molecule has 0 spiro atoms. The molecule has 1 fully saturated rings. The molecule has 3 rings (SSSR count). The number of rotatable bonds is 5. The van der Waals surface area contributed by atoms with E-state index in [-0.39, 0.29) is 31.4 Å². The largest absolute Gasteiger partial charge is 0.462 e. The summed E-state index contributed by atoms with van der Waals surface area (Å²) < 4.78 is 4.97. The number of esters is 1. The van der Waals surface area contributed by atoms with Gasteiger partial charge in [0.2, 0.25) is 11.8 Å². The number of anilines is 2. The Morgan fingerprint density at radius 2 is 2.07 bits per heavy atom. The van der Waals surface area contributed by atoms with Crippen LogP contribution in [0.15, 0.2) is 24.3 Å². The lowest BCUT2D eigenvalue weighted by Gasteiger charge is -2.16. The summed E-state index contributed by atoms with van der Waals surface area (Å²) in [6.45, 7) is 3.95. The second kappa shape index (κ2) is 8.06. The molecule has 0 bridgehead atoms. The number of thiazole rings is 1. The minimum absolute atomic E-state index is 0.115. The molecule has 1 atom stereocenters. The van der Waals surface area contributed by atoms with Crippen LogP contribution in [0.25, 0.3) is 0 Å². The minimum atomic E-state index is -0.497. The van der Waals surface area contributed by atoms with Crippen molar-refractivity contribution in [3.05, 3.63) is 39.9 Å². The monoisotopic (exact) mass is 407 g/mol. The average molecular weight is 408 g/mol. The summed E-state index contributed by atoms with van der Waals surface area (Å²) in [7, 11) is 0. The molecule has 1 saturated heterocycles. The van der Waals surface area contributed by atoms with E-state index in [0.717, 1.165) is 11.3 Å². The molecule has 9 heteroatoms. The molecule has 1 aliphatic heterocycles. The molecule has 1 aliphatic rings. The third kappa shape index (κ3) is 4.28. The molecule has 142 valence electrons. The van der Waals surface area contributed by atoms with Gasteiger partial charge in [-0.15, -0.1) is 0 Å². The molecule has 0 unspecified atom stereocenters. The SMILES string of the molecule is CCOC(=O)c1sc(NC(=O)[C@H]2CC(=O)N(c3ccc(Cl)cc3)C2)nc1C. The van der Waals surface area contributed by atoms with E-state index in [4.69, 9.17) is 16.3 Å². The number of nitrogens with one attached hydrogen (secondary N) is 1. The zero-order valence-electron chi connectivity index (χ0n) is 14.8. The average Bonchev–Trinajstić information content (AvgIpc) is 3.19. The number of carbonyl (C=O) groups excluding carboxylic acids is 3. The van der Waals surface area contributed by atoms with Crippen LogP contribution in [0.4, 0.5) is 10.8 Å². The maximum Gasteiger partial charge on any atom is 0.350 e. The maximum atomic E-state index is 12.5. The molecule has 2 heterocycles. The molecule has 2 amide bonds. The number of aryl methyl sites for hydroxylation is 1. The lowest BCUT2D eigenvalue weighted by molar-refractivity contribution is -0.122. The summed E-state index contributed by atoms with van der Waals surface area (Å²) in [5.41, 5.74) is 1.20. The number of carbonyl (C=O) groups is 3. The van der Waals surface area contributed by atoms with Crippen LogP contribution in [0.3, 0.4) is 0 Å². The smallest absolute Gasteiger partial charge is 0.350 e. The van der Waals surface area contributed by atoms with Crippen LogP contribution in [0.1, 0.15) is 28.7 Å². The Hall–Kier alpha value is -2.45. The first-order valence-corrected chi connectivity index (χ1v) is 9.59. The Balaban J connectivity index is 1.67. The first-order valence-electron chi connectivity index (χ1n) is 8.40. The maximum absolute atomic E-state index is 12.5. The van der Waals surface area contributed by atoms with E-state index in [1.807, 2.05) is 0 Å². The highest BCUT2D eigenvalue weighted by molar-refractivity contribution is 7.17. The van der Waals surface area contributed by atoms with Crippen molar-refractivity contribution in [2.45, 2.75) is 20.3 Å². The van der Waals surface area contributed by atoms with Crippen LogP contribution in [0, 0.1) is 12.8 Å². The Bertz CT molecular complexity index is 881. The zero-order valence-corrected chi connectivity index (χ0v) is 16.4. The molecule has 1 aromatic carbocycles. The van der Waals surface area contributed by atoms with Crippen molar-refractivity contribution >= 4 is 51.5 Å². The van der Waals surface area contributed by atoms with Crippen molar-refractivity contribution in [1.82, 2.24) is 4.98 Å². The first-order chi connectivity index (χ1) is 12.9. The van der Waals surface area contributed by atoms with Gasteiger partial charge in [0, 0.05) is 23.7 Å². The van der Waals surface area contributed by atoms with Gasteiger partial charge >= 0.3 is 5.97 Å². The number of aromatic nitrogens is 1. The summed E-state index contributed by atoms with van der Waals surface area (Å²) in [5.74, 6) is -1.38. The fourth-order valence-corrected chi connectivity index (χ4v) is 3.79. The highest BCUT2D eigenvalue weighted by atomic mass is 35.5. The van der Waals surface area contributed by atoms with E-state index >= 15 is 0 Å². The Morgan fingerprint density at radius 1 is 1.37 bits per heavy atom. The van der Waals surface area contributed by atoms with Gasteiger partial charge in [-0.1, -0.05) is 22.9 Å². The molecule has 27 heavy (non-hydrogen) atoms. The summed E-state index contributed by atoms with van der Waals surface area (Å²) in [4.78, 5) is 42.8. The highest BCUT2D eigenvalue weighted by Gasteiger charge is 2.35. The minimum Gasteiger partial charge on any atom is -0.462 e. The lowest BCUT2D eigenvalue weighted by atomic mass is 10.1. The van der Waals surface area contributed by atoms with Crippen LogP contribution in [0.2, 0.25) is 5.02 Å². The summed E-state index contributed by atoms with van der Waals surface area (Å²) in [6, 6.07) is 6.90. The third-order valence-corrected chi connectivity index (χ3v) is 5.43. The van der Waals surface area contributed by atoms with Gasteiger partial charge in [0.1, 0.15) is 4.88 Å². The van der Waals surface area contributed by atoms with Gasteiger partial charge in [-0.25, -0.2) is 9.78 Å². The summed E-state index contributed by atoms with van der Waals surface area (Å²) in [6.07, 6.45) is 0.115. The second-order valence-electron chi connectivity index (χ2n) is 6.03. The van der Waals surface area contributed by atoms with Crippen LogP contribution in [-0.2, 0) is 14.3 Å². The predicted octanol–water partition coefficient (Wildman–Crippen LogP) is 3.27. The van der Waals surface area contributed by atoms with E-state index in [1.165, 1.54) is 0 Å². The van der Waals surface area contributed by atoms with Crippen LogP contribution in [0.5, 0.6) is 0 Å². The van der Waals surface area contributed by atoms with Gasteiger partial charge in [-0.2, -0.15) is 0 Å². The molecule has 0 radical (unpaired) electrons. The van der Waals surface area contributed by atoms with E-state index in [0.29, 0.717) is 26.4 Å². The number of hydrogen-bond acceptors (Lipinski definition) is 6. The Kier molecular flexibility index (Phi) is 5.76. The van der Waals surface area contributed by atoms with Gasteiger partial charge in [-0.3, -0.25) is 9.59 Å². The van der Waals surface area contributed by atoms with Crippen molar-refractivity contribution < 1.29 is 19.1 Å². The fourth-order valence-electron chi connectivity index (χ4n) is 2.80. The number of ether oxygens (including phenoxy) is 1. The quantitative estimate of drug-likeness (QED) is 0.768. The van der Waals surface area contributed by atoms with Crippen molar-refractivity contribution in [1.29, 1.82) is 0 Å². The van der Waals surface area contributed by atoms with E-state index < -0.39 is 11.9 Å². The molecule has 0 aliphatic carbocycles. The van der Waals surface area contributed by atoms with Crippen molar-refractivity contribution in [3.8, 4) is 0 Å². The highest BCUT2D eigenvalue weighted by Crippen LogP contribution is 2.28. The van der Waals surface area contributed by atoms with E-state index in [1.54, 1.807) is 43.0 Å². The zero-order chi connectivity index (χ0) is 19.6. The number of amides is 2. The second-order valence-corrected chi connectivity index (χ2v) is 7.46. The lowest BCUT2D eigenvalue weighted by Crippen LogP contribution is -2.28. The summed E-state index contributed by atoms with van der Waals surface area (Å²) >= 11 is 6.94. The van der Waals surface area contributed by atoms with Crippen LogP contribution >= 0.6 is 22.9 Å². The first kappa shape index (κ1) is 19.3. The molecular formula is C18H18ClN3O4S. The van der Waals surface area contributed by atoms with Gasteiger partial charge in [0.25, 0.3) is 0 Å². The van der Waals surface area contributed by atoms with Gasteiger partial charge < -0.3 is 15.0 Å². The Labute approximate surface area is 165 Å². The van der Waals surface area contributed by atoms with Crippen molar-refractivity contribution in [2.75, 3.05) is 23.4 Å². The number of halogens is 1. The number of hydrogen-bond donors (Lipinski definition) is 1. The number of nitrogens with zero attached hydrogens (tertiary/aromatic N) is 2. The third-order valence-electron chi connectivity index (χ3n) is 4.12. The molecule has 0 saturated carbocycles. The molecular weight excluding hydrogens is 390 g/mol. The standard InChI is InChI=1S/C18H18ClN3O4S/c1-3-26-17(25)15-10(2)20-18(27-15)21-16(24)11-8-14(23)22(9-11)13-6-4-12(19)5-7-13/h4-7,11H,3,8-9H2,1-2H3,(H,20,21,24)/t11-/m0/s1.